The van der Waals surface area contributed by atoms with Crippen LogP contribution in [0.4, 0.5) is 0 Å². The van der Waals surface area contributed by atoms with E-state index in [9.17, 15) is 0 Å². The van der Waals surface area contributed by atoms with Gasteiger partial charge in [-0.2, -0.15) is 4.98 Å². The molecule has 0 radical (unpaired) electrons. The van der Waals surface area contributed by atoms with Crippen molar-refractivity contribution in [2.45, 2.75) is 65.6 Å². The smallest absolute Gasteiger partial charge is 0.223 e. The van der Waals surface area contributed by atoms with Gasteiger partial charge in [0.25, 0.3) is 0 Å². The highest BCUT2D eigenvalue weighted by Gasteiger charge is 2.53. The van der Waals surface area contributed by atoms with Crippen molar-refractivity contribution >= 4 is 5.96 Å². The summed E-state index contributed by atoms with van der Waals surface area (Å²) in [7, 11) is 1.77. The fourth-order valence-corrected chi connectivity index (χ4v) is 3.52. The average molecular weight is 323 g/mol. The van der Waals surface area contributed by atoms with E-state index in [1.807, 2.05) is 0 Å². The van der Waals surface area contributed by atoms with Crippen molar-refractivity contribution in [3.8, 4) is 0 Å². The van der Waals surface area contributed by atoms with E-state index >= 15 is 0 Å². The normalized spacial score (nSPS) is 23.4. The number of nitrogens with zero attached hydrogens (tertiary/aromatic N) is 3. The first kappa shape index (κ1) is 17.7. The monoisotopic (exact) mass is 323 g/mol. The maximum Gasteiger partial charge on any atom is 0.223 e. The Morgan fingerprint density at radius 3 is 2.65 bits per heavy atom. The molecule has 0 bridgehead atoms. The van der Waals surface area contributed by atoms with Crippen LogP contribution < -0.4 is 10.6 Å². The van der Waals surface area contributed by atoms with Gasteiger partial charge >= 0.3 is 0 Å². The molecule has 1 aliphatic rings. The van der Waals surface area contributed by atoms with Gasteiger partial charge < -0.3 is 19.9 Å². The zero-order valence-electron chi connectivity index (χ0n) is 14.8. The fourth-order valence-electron chi connectivity index (χ4n) is 3.52. The highest BCUT2D eigenvalue weighted by molar-refractivity contribution is 5.80. The lowest BCUT2D eigenvalue weighted by molar-refractivity contribution is -0.133. The van der Waals surface area contributed by atoms with E-state index in [1.54, 1.807) is 14.0 Å². The summed E-state index contributed by atoms with van der Waals surface area (Å²) in [6, 6.07) is 0.368. The molecule has 0 amide bonds. The Labute approximate surface area is 138 Å². The molecule has 7 nitrogen and oxygen atoms in total. The van der Waals surface area contributed by atoms with Crippen LogP contribution in [-0.4, -0.2) is 41.9 Å². The minimum Gasteiger partial charge on any atom is -0.378 e. The topological polar surface area (TPSA) is 84.6 Å². The van der Waals surface area contributed by atoms with Gasteiger partial charge in [0.15, 0.2) is 11.8 Å². The molecule has 0 saturated heterocycles. The van der Waals surface area contributed by atoms with Gasteiger partial charge in [-0.3, -0.25) is 4.99 Å². The summed E-state index contributed by atoms with van der Waals surface area (Å²) in [5, 5.41) is 10.7. The summed E-state index contributed by atoms with van der Waals surface area (Å²) in [4.78, 5) is 8.49. The third-order valence-corrected chi connectivity index (χ3v) is 4.99. The molecule has 2 rings (SSSR count). The Hall–Kier alpha value is -1.63. The van der Waals surface area contributed by atoms with E-state index < -0.39 is 0 Å². The Bertz CT molecular complexity index is 524. The lowest BCUT2D eigenvalue weighted by atomic mass is 9.58. The number of hydrogen-bond donors (Lipinski definition) is 2. The van der Waals surface area contributed by atoms with E-state index in [1.165, 1.54) is 0 Å². The summed E-state index contributed by atoms with van der Waals surface area (Å²) in [6.45, 7) is 9.57. The molecular weight excluding hydrogens is 294 g/mol. The molecule has 0 unspecified atom stereocenters. The van der Waals surface area contributed by atoms with Gasteiger partial charge in [-0.1, -0.05) is 19.0 Å². The quantitative estimate of drug-likeness (QED) is 0.590. The molecule has 1 aliphatic carbocycles. The van der Waals surface area contributed by atoms with E-state index in [-0.39, 0.29) is 5.41 Å². The van der Waals surface area contributed by atoms with E-state index in [2.05, 4.69) is 46.5 Å². The second kappa shape index (κ2) is 7.77. The van der Waals surface area contributed by atoms with Crippen LogP contribution in [0.2, 0.25) is 0 Å². The van der Waals surface area contributed by atoms with Crippen molar-refractivity contribution in [1.29, 1.82) is 0 Å². The molecule has 7 heteroatoms. The molecule has 2 N–H and O–H groups in total. The van der Waals surface area contributed by atoms with Crippen LogP contribution in [0.15, 0.2) is 9.52 Å². The van der Waals surface area contributed by atoms with Gasteiger partial charge in [-0.05, 0) is 26.2 Å². The van der Waals surface area contributed by atoms with Crippen LogP contribution in [0.25, 0.3) is 0 Å². The number of hydrogen-bond acceptors (Lipinski definition) is 5. The molecule has 0 aliphatic heterocycles. The zero-order chi connectivity index (χ0) is 16.9. The minimum absolute atomic E-state index is 0.177. The fraction of sp³-hybridized carbons (Fsp3) is 0.812. The Balaban J connectivity index is 1.93. The number of aromatic nitrogens is 2. The molecule has 23 heavy (non-hydrogen) atoms. The van der Waals surface area contributed by atoms with Gasteiger partial charge in [0.1, 0.15) is 0 Å². The summed E-state index contributed by atoms with van der Waals surface area (Å²) < 4.78 is 10.9. The second-order valence-corrected chi connectivity index (χ2v) is 5.97. The number of ether oxygens (including phenoxy) is 1. The van der Waals surface area contributed by atoms with Crippen molar-refractivity contribution < 1.29 is 9.26 Å². The van der Waals surface area contributed by atoms with Crippen molar-refractivity contribution in [1.82, 2.24) is 20.8 Å². The highest BCUT2D eigenvalue weighted by atomic mass is 16.5. The van der Waals surface area contributed by atoms with Gasteiger partial charge in [-0.25, -0.2) is 0 Å². The third-order valence-electron chi connectivity index (χ3n) is 4.99. The molecule has 1 heterocycles. The van der Waals surface area contributed by atoms with Crippen molar-refractivity contribution in [3.05, 3.63) is 11.7 Å². The number of nitrogens with one attached hydrogen (secondary N) is 2. The first-order chi connectivity index (χ1) is 11.1. The summed E-state index contributed by atoms with van der Waals surface area (Å²) in [5.41, 5.74) is 0.177. The molecular formula is C16H29N5O2. The lowest BCUT2D eigenvalue weighted by Gasteiger charge is -2.55. The van der Waals surface area contributed by atoms with E-state index in [4.69, 9.17) is 9.26 Å². The van der Waals surface area contributed by atoms with Crippen LogP contribution in [0.5, 0.6) is 0 Å². The van der Waals surface area contributed by atoms with Gasteiger partial charge in [-0.15, -0.1) is 0 Å². The SMILES string of the molecule is CCO[C@H]1C[C@@H](NC(=NC)NCc2noc(C)n2)C1(CC)CC. The second-order valence-electron chi connectivity index (χ2n) is 5.97. The van der Waals surface area contributed by atoms with Gasteiger partial charge in [0.2, 0.25) is 5.89 Å². The molecule has 1 aromatic rings. The molecule has 0 spiro atoms. The molecule has 1 aromatic heterocycles. The predicted octanol–water partition coefficient (Wildman–Crippen LogP) is 2.03. The van der Waals surface area contributed by atoms with Gasteiger partial charge in [0, 0.05) is 32.0 Å². The van der Waals surface area contributed by atoms with Crippen molar-refractivity contribution in [2.75, 3.05) is 13.7 Å². The van der Waals surface area contributed by atoms with Crippen molar-refractivity contribution in [3.63, 3.8) is 0 Å². The minimum atomic E-state index is 0.177. The maximum absolute atomic E-state index is 5.92. The molecule has 1 fully saturated rings. The molecule has 130 valence electrons. The summed E-state index contributed by atoms with van der Waals surface area (Å²) in [6.07, 6.45) is 3.52. The zero-order valence-corrected chi connectivity index (χ0v) is 14.8. The molecule has 2 atom stereocenters. The predicted molar refractivity (Wildman–Crippen MR) is 89.2 cm³/mol. The van der Waals surface area contributed by atoms with E-state index in [0.717, 1.165) is 31.8 Å². The Morgan fingerprint density at radius 2 is 2.13 bits per heavy atom. The summed E-state index contributed by atoms with van der Waals surface area (Å²) in [5.74, 6) is 1.96. The Kier molecular flexibility index (Phi) is 5.98. The largest absolute Gasteiger partial charge is 0.378 e. The first-order valence-corrected chi connectivity index (χ1v) is 8.47. The van der Waals surface area contributed by atoms with E-state index in [0.29, 0.717) is 30.4 Å². The van der Waals surface area contributed by atoms with Gasteiger partial charge in [0.05, 0.1) is 12.6 Å². The van der Waals surface area contributed by atoms with Crippen LogP contribution >= 0.6 is 0 Å². The number of rotatable bonds is 7. The third kappa shape index (κ3) is 3.65. The van der Waals surface area contributed by atoms with Crippen LogP contribution in [0.3, 0.4) is 0 Å². The molecule has 0 aromatic carbocycles. The number of aryl methyl sites for hydroxylation is 1. The van der Waals surface area contributed by atoms with Crippen molar-refractivity contribution in [2.24, 2.45) is 10.4 Å². The van der Waals surface area contributed by atoms with Crippen LogP contribution in [-0.2, 0) is 11.3 Å². The maximum atomic E-state index is 5.92. The van der Waals surface area contributed by atoms with Crippen LogP contribution in [0, 0.1) is 12.3 Å². The number of guanidine groups is 1. The standard InChI is InChI=1S/C16H29N5O2/c1-6-16(7-2)12(9-13(16)22-8-3)20-15(17-5)18-10-14-19-11(4)23-21-14/h12-13H,6-10H2,1-5H3,(H2,17,18,20)/t12-,13+/m1/s1. The highest BCUT2D eigenvalue weighted by Crippen LogP contribution is 2.48. The average Bonchev–Trinajstić information content (AvgIpc) is 2.96. The number of aliphatic imine (C=N–C) groups is 1. The Morgan fingerprint density at radius 1 is 1.39 bits per heavy atom. The molecule has 1 saturated carbocycles. The first-order valence-electron chi connectivity index (χ1n) is 8.47. The summed E-state index contributed by atoms with van der Waals surface area (Å²) >= 11 is 0. The van der Waals surface area contributed by atoms with Crippen LogP contribution in [0.1, 0.15) is 51.7 Å². The lowest BCUT2D eigenvalue weighted by Crippen LogP contribution is -2.65.